The van der Waals surface area contributed by atoms with E-state index in [1.165, 1.54) is 6.07 Å². The van der Waals surface area contributed by atoms with Crippen molar-refractivity contribution in [2.75, 3.05) is 0 Å². The van der Waals surface area contributed by atoms with Gasteiger partial charge in [0.25, 0.3) is 0 Å². The summed E-state index contributed by atoms with van der Waals surface area (Å²) in [5, 5.41) is 0. The SMILES string of the molecule is CCCc1ccc(C(F)(F)F)c(F)c1. The maximum atomic E-state index is 12.9. The molecule has 14 heavy (non-hydrogen) atoms. The lowest BCUT2D eigenvalue weighted by Gasteiger charge is -2.08. The van der Waals surface area contributed by atoms with E-state index >= 15 is 0 Å². The molecule has 1 aromatic carbocycles. The van der Waals surface area contributed by atoms with Crippen molar-refractivity contribution in [1.82, 2.24) is 0 Å². The van der Waals surface area contributed by atoms with E-state index in [0.29, 0.717) is 12.0 Å². The molecule has 0 nitrogen and oxygen atoms in total. The monoisotopic (exact) mass is 206 g/mol. The van der Waals surface area contributed by atoms with Gasteiger partial charge in [0, 0.05) is 0 Å². The molecule has 0 N–H and O–H groups in total. The molecule has 0 amide bonds. The highest BCUT2D eigenvalue weighted by atomic mass is 19.4. The maximum Gasteiger partial charge on any atom is 0.419 e. The molecule has 0 heterocycles. The fourth-order valence-corrected chi connectivity index (χ4v) is 1.23. The molecule has 0 saturated carbocycles. The van der Waals surface area contributed by atoms with Crippen LogP contribution in [0.4, 0.5) is 17.6 Å². The van der Waals surface area contributed by atoms with Gasteiger partial charge in [-0.15, -0.1) is 0 Å². The Hall–Kier alpha value is -1.06. The first-order valence-electron chi connectivity index (χ1n) is 4.30. The van der Waals surface area contributed by atoms with Gasteiger partial charge in [0.15, 0.2) is 0 Å². The number of aryl methyl sites for hydroxylation is 1. The highest BCUT2D eigenvalue weighted by molar-refractivity contribution is 5.26. The van der Waals surface area contributed by atoms with Gasteiger partial charge in [0.1, 0.15) is 5.82 Å². The fourth-order valence-electron chi connectivity index (χ4n) is 1.23. The van der Waals surface area contributed by atoms with Crippen molar-refractivity contribution in [3.05, 3.63) is 35.1 Å². The third-order valence-corrected chi connectivity index (χ3v) is 1.88. The van der Waals surface area contributed by atoms with Gasteiger partial charge < -0.3 is 0 Å². The Morgan fingerprint density at radius 2 is 1.86 bits per heavy atom. The van der Waals surface area contributed by atoms with Crippen LogP contribution in [0.5, 0.6) is 0 Å². The fraction of sp³-hybridized carbons (Fsp3) is 0.400. The molecule has 0 unspecified atom stereocenters. The van der Waals surface area contributed by atoms with E-state index in [1.807, 2.05) is 6.92 Å². The summed E-state index contributed by atoms with van der Waals surface area (Å²) in [7, 11) is 0. The molecule has 78 valence electrons. The summed E-state index contributed by atoms with van der Waals surface area (Å²) in [6.45, 7) is 1.88. The van der Waals surface area contributed by atoms with Crippen LogP contribution < -0.4 is 0 Å². The molecule has 0 aliphatic carbocycles. The van der Waals surface area contributed by atoms with Crippen molar-refractivity contribution in [1.29, 1.82) is 0 Å². The summed E-state index contributed by atoms with van der Waals surface area (Å²) in [5.74, 6) is -1.19. The zero-order chi connectivity index (χ0) is 10.8. The molecule has 1 aromatic rings. The average molecular weight is 206 g/mol. The minimum absolute atomic E-state index is 0.592. The topological polar surface area (TPSA) is 0 Å². The second-order valence-corrected chi connectivity index (χ2v) is 3.06. The number of rotatable bonds is 2. The van der Waals surface area contributed by atoms with Gasteiger partial charge in [-0.3, -0.25) is 0 Å². The smallest absolute Gasteiger partial charge is 0.206 e. The van der Waals surface area contributed by atoms with Crippen LogP contribution in [0.15, 0.2) is 18.2 Å². The van der Waals surface area contributed by atoms with Crippen LogP contribution >= 0.6 is 0 Å². The van der Waals surface area contributed by atoms with Crippen LogP contribution in [0.25, 0.3) is 0 Å². The number of alkyl halides is 3. The van der Waals surface area contributed by atoms with Gasteiger partial charge in [-0.25, -0.2) is 4.39 Å². The summed E-state index contributed by atoms with van der Waals surface area (Å²) in [4.78, 5) is 0. The van der Waals surface area contributed by atoms with Crippen molar-refractivity contribution in [3.8, 4) is 0 Å². The second kappa shape index (κ2) is 3.98. The number of halogens is 4. The summed E-state index contributed by atoms with van der Waals surface area (Å²) < 4.78 is 49.3. The Morgan fingerprint density at radius 1 is 1.21 bits per heavy atom. The number of benzene rings is 1. The van der Waals surface area contributed by atoms with E-state index in [9.17, 15) is 17.6 Å². The highest BCUT2D eigenvalue weighted by Crippen LogP contribution is 2.31. The third kappa shape index (κ3) is 2.47. The van der Waals surface area contributed by atoms with Crippen molar-refractivity contribution in [2.45, 2.75) is 25.9 Å². The van der Waals surface area contributed by atoms with E-state index in [2.05, 4.69) is 0 Å². The zero-order valence-corrected chi connectivity index (χ0v) is 7.66. The predicted molar refractivity (Wildman–Crippen MR) is 45.4 cm³/mol. The molecule has 1 rings (SSSR count). The first-order valence-corrected chi connectivity index (χ1v) is 4.30. The van der Waals surface area contributed by atoms with Crippen LogP contribution in [-0.2, 0) is 12.6 Å². The lowest BCUT2D eigenvalue weighted by molar-refractivity contribution is -0.140. The lowest BCUT2D eigenvalue weighted by Crippen LogP contribution is -2.08. The van der Waals surface area contributed by atoms with Gasteiger partial charge in [-0.1, -0.05) is 19.4 Å². The first-order chi connectivity index (χ1) is 6.45. The molecular weight excluding hydrogens is 196 g/mol. The minimum Gasteiger partial charge on any atom is -0.206 e. The van der Waals surface area contributed by atoms with E-state index < -0.39 is 17.6 Å². The second-order valence-electron chi connectivity index (χ2n) is 3.06. The molecule has 0 bridgehead atoms. The predicted octanol–water partition coefficient (Wildman–Crippen LogP) is 3.80. The van der Waals surface area contributed by atoms with E-state index in [4.69, 9.17) is 0 Å². The molecule has 0 fully saturated rings. The molecule has 0 aliphatic rings. The van der Waals surface area contributed by atoms with E-state index in [0.717, 1.165) is 18.6 Å². The quantitative estimate of drug-likeness (QED) is 0.645. The number of hydrogen-bond donors (Lipinski definition) is 0. The van der Waals surface area contributed by atoms with E-state index in [1.54, 1.807) is 0 Å². The van der Waals surface area contributed by atoms with Crippen molar-refractivity contribution >= 4 is 0 Å². The van der Waals surface area contributed by atoms with Crippen molar-refractivity contribution in [3.63, 3.8) is 0 Å². The van der Waals surface area contributed by atoms with Gasteiger partial charge in [-0.05, 0) is 24.1 Å². The van der Waals surface area contributed by atoms with Gasteiger partial charge >= 0.3 is 6.18 Å². The standard InChI is InChI=1S/C10H10F4/c1-2-3-7-4-5-8(9(11)6-7)10(12,13)14/h4-6H,2-3H2,1H3. The molecule has 4 heteroatoms. The summed E-state index contributed by atoms with van der Waals surface area (Å²) >= 11 is 0. The van der Waals surface area contributed by atoms with Crippen LogP contribution in [0.2, 0.25) is 0 Å². The Bertz CT molecular complexity index is 314. The van der Waals surface area contributed by atoms with Crippen LogP contribution in [-0.4, -0.2) is 0 Å². The lowest BCUT2D eigenvalue weighted by atomic mass is 10.1. The van der Waals surface area contributed by atoms with E-state index in [-0.39, 0.29) is 0 Å². The average Bonchev–Trinajstić information content (AvgIpc) is 2.02. The first kappa shape index (κ1) is 11.0. The summed E-state index contributed by atoms with van der Waals surface area (Å²) in [6.07, 6.45) is -3.23. The van der Waals surface area contributed by atoms with Crippen molar-refractivity contribution in [2.24, 2.45) is 0 Å². The van der Waals surface area contributed by atoms with Crippen LogP contribution in [0.1, 0.15) is 24.5 Å². The van der Waals surface area contributed by atoms with Crippen LogP contribution in [0, 0.1) is 5.82 Å². The third-order valence-electron chi connectivity index (χ3n) is 1.88. The molecule has 0 aliphatic heterocycles. The molecular formula is C10H10F4. The summed E-state index contributed by atoms with van der Waals surface area (Å²) in [6, 6.07) is 3.06. The molecule has 0 radical (unpaired) electrons. The maximum absolute atomic E-state index is 12.9. The normalized spacial score (nSPS) is 11.8. The molecule has 0 spiro atoms. The molecule has 0 saturated heterocycles. The molecule has 0 atom stereocenters. The van der Waals surface area contributed by atoms with Gasteiger partial charge in [-0.2, -0.15) is 13.2 Å². The summed E-state index contributed by atoms with van der Waals surface area (Å²) in [5.41, 5.74) is -0.602. The van der Waals surface area contributed by atoms with Crippen molar-refractivity contribution < 1.29 is 17.6 Å². The Kier molecular flexibility index (Phi) is 3.13. The van der Waals surface area contributed by atoms with Gasteiger partial charge in [0.05, 0.1) is 5.56 Å². The zero-order valence-electron chi connectivity index (χ0n) is 7.66. The minimum atomic E-state index is -4.60. The Morgan fingerprint density at radius 3 is 2.29 bits per heavy atom. The largest absolute Gasteiger partial charge is 0.419 e. The Balaban J connectivity index is 3.02. The Labute approximate surface area is 79.6 Å². The van der Waals surface area contributed by atoms with Gasteiger partial charge in [0.2, 0.25) is 0 Å². The highest BCUT2D eigenvalue weighted by Gasteiger charge is 2.33. The number of hydrogen-bond acceptors (Lipinski definition) is 0. The van der Waals surface area contributed by atoms with Crippen LogP contribution in [0.3, 0.4) is 0 Å². The molecule has 0 aromatic heterocycles.